The summed E-state index contributed by atoms with van der Waals surface area (Å²) in [6.07, 6.45) is 0. The predicted molar refractivity (Wildman–Crippen MR) is 58.8 cm³/mol. The van der Waals surface area contributed by atoms with Gasteiger partial charge in [0, 0.05) is 33.2 Å². The fraction of sp³-hybridized carbons (Fsp3) is 0.667. The van der Waals surface area contributed by atoms with Crippen LogP contribution in [0.3, 0.4) is 0 Å². The highest BCUT2D eigenvalue weighted by molar-refractivity contribution is 5.96. The lowest BCUT2D eigenvalue weighted by atomic mass is 10.3. The highest BCUT2D eigenvalue weighted by atomic mass is 16.2. The van der Waals surface area contributed by atoms with Crippen molar-refractivity contribution >= 4 is 11.7 Å². The summed E-state index contributed by atoms with van der Waals surface area (Å²) in [5.41, 5.74) is 5.97. The molecule has 2 N–H and O–H groups in total. The molecule has 1 aliphatic rings. The standard InChI is InChI=1S/C9H16N6O/c1-13-3-5-15(6-4-13)9(16)7-8(10)14(2)12-11-7/h3-6,10H2,1-2H3. The van der Waals surface area contributed by atoms with Crippen molar-refractivity contribution in [1.82, 2.24) is 24.8 Å². The molecule has 0 unspecified atom stereocenters. The lowest BCUT2D eigenvalue weighted by Crippen LogP contribution is -2.47. The van der Waals surface area contributed by atoms with Gasteiger partial charge in [0.1, 0.15) is 0 Å². The van der Waals surface area contributed by atoms with E-state index in [9.17, 15) is 4.79 Å². The Bertz CT molecular complexity index is 393. The molecule has 0 atom stereocenters. The van der Waals surface area contributed by atoms with Gasteiger partial charge in [-0.05, 0) is 7.05 Å². The van der Waals surface area contributed by atoms with E-state index in [1.54, 1.807) is 11.9 Å². The largest absolute Gasteiger partial charge is 0.382 e. The van der Waals surface area contributed by atoms with Crippen LogP contribution in [-0.4, -0.2) is 63.9 Å². The van der Waals surface area contributed by atoms with Crippen LogP contribution in [0.1, 0.15) is 10.5 Å². The molecular formula is C9H16N6O. The summed E-state index contributed by atoms with van der Waals surface area (Å²) in [5.74, 6) is 0.197. The normalized spacial score (nSPS) is 17.8. The topological polar surface area (TPSA) is 80.3 Å². The second kappa shape index (κ2) is 4.09. The van der Waals surface area contributed by atoms with Gasteiger partial charge < -0.3 is 15.5 Å². The van der Waals surface area contributed by atoms with Gasteiger partial charge in [-0.25, -0.2) is 4.68 Å². The number of carbonyl (C=O) groups is 1. The maximum absolute atomic E-state index is 12.1. The van der Waals surface area contributed by atoms with Gasteiger partial charge in [0.25, 0.3) is 5.91 Å². The Kier molecular flexibility index (Phi) is 2.78. The second-order valence-corrected chi connectivity index (χ2v) is 4.04. The average Bonchev–Trinajstić information content (AvgIpc) is 2.60. The SMILES string of the molecule is CN1CCN(C(=O)c2nnn(C)c2N)CC1. The molecule has 2 rings (SSSR count). The van der Waals surface area contributed by atoms with Gasteiger partial charge in [0.15, 0.2) is 11.5 Å². The zero-order valence-electron chi connectivity index (χ0n) is 9.55. The van der Waals surface area contributed by atoms with Crippen LogP contribution in [0.4, 0.5) is 5.82 Å². The van der Waals surface area contributed by atoms with Crippen molar-refractivity contribution in [3.05, 3.63) is 5.69 Å². The van der Waals surface area contributed by atoms with Crippen molar-refractivity contribution in [2.45, 2.75) is 0 Å². The average molecular weight is 224 g/mol. The van der Waals surface area contributed by atoms with Gasteiger partial charge >= 0.3 is 0 Å². The number of aromatic nitrogens is 3. The van der Waals surface area contributed by atoms with Gasteiger partial charge in [-0.15, -0.1) is 5.10 Å². The molecule has 0 bridgehead atoms. The fourth-order valence-corrected chi connectivity index (χ4v) is 1.68. The summed E-state index contributed by atoms with van der Waals surface area (Å²) in [4.78, 5) is 16.0. The first-order valence-corrected chi connectivity index (χ1v) is 5.22. The Labute approximate surface area is 93.8 Å². The van der Waals surface area contributed by atoms with Gasteiger partial charge in [-0.2, -0.15) is 0 Å². The maximum atomic E-state index is 12.1. The number of nitrogens with zero attached hydrogens (tertiary/aromatic N) is 5. The molecule has 7 nitrogen and oxygen atoms in total. The number of rotatable bonds is 1. The summed E-state index contributed by atoms with van der Waals surface area (Å²) in [6, 6.07) is 0. The highest BCUT2D eigenvalue weighted by Gasteiger charge is 2.24. The number of nitrogens with two attached hydrogens (primary N) is 1. The molecule has 1 aromatic heterocycles. The van der Waals surface area contributed by atoms with E-state index in [0.29, 0.717) is 18.9 Å². The smallest absolute Gasteiger partial charge is 0.278 e. The molecule has 2 heterocycles. The molecule has 1 amide bonds. The van der Waals surface area contributed by atoms with Crippen molar-refractivity contribution in [3.63, 3.8) is 0 Å². The van der Waals surface area contributed by atoms with Gasteiger partial charge in [0.2, 0.25) is 0 Å². The molecule has 0 spiro atoms. The molecule has 7 heteroatoms. The minimum Gasteiger partial charge on any atom is -0.382 e. The first kappa shape index (κ1) is 10.9. The summed E-state index contributed by atoms with van der Waals surface area (Å²) >= 11 is 0. The van der Waals surface area contributed by atoms with Crippen molar-refractivity contribution in [3.8, 4) is 0 Å². The lowest BCUT2D eigenvalue weighted by molar-refractivity contribution is 0.0659. The molecule has 0 aliphatic carbocycles. The van der Waals surface area contributed by atoms with Crippen LogP contribution in [0.2, 0.25) is 0 Å². The molecular weight excluding hydrogens is 208 g/mol. The van der Waals surface area contributed by atoms with E-state index < -0.39 is 0 Å². The number of likely N-dealkylation sites (N-methyl/N-ethyl adjacent to an activating group) is 1. The van der Waals surface area contributed by atoms with E-state index in [2.05, 4.69) is 15.2 Å². The molecule has 0 aromatic carbocycles. The molecule has 1 saturated heterocycles. The van der Waals surface area contributed by atoms with E-state index in [1.165, 1.54) is 4.68 Å². The van der Waals surface area contributed by atoms with Crippen LogP contribution in [0.15, 0.2) is 0 Å². The summed E-state index contributed by atoms with van der Waals surface area (Å²) in [6.45, 7) is 3.19. The molecule has 1 aliphatic heterocycles. The molecule has 0 saturated carbocycles. The van der Waals surface area contributed by atoms with Crippen LogP contribution >= 0.6 is 0 Å². The van der Waals surface area contributed by atoms with Gasteiger partial charge in [-0.3, -0.25) is 4.79 Å². The van der Waals surface area contributed by atoms with E-state index in [0.717, 1.165) is 13.1 Å². The van der Waals surface area contributed by atoms with Crippen LogP contribution in [0, 0.1) is 0 Å². The minimum atomic E-state index is -0.126. The van der Waals surface area contributed by atoms with E-state index in [-0.39, 0.29) is 11.6 Å². The Morgan fingerprint density at radius 1 is 1.25 bits per heavy atom. The summed E-state index contributed by atoms with van der Waals surface area (Å²) in [7, 11) is 3.71. The monoisotopic (exact) mass is 224 g/mol. The Morgan fingerprint density at radius 3 is 2.38 bits per heavy atom. The Balaban J connectivity index is 2.11. The number of anilines is 1. The number of aryl methyl sites for hydroxylation is 1. The van der Waals surface area contributed by atoms with E-state index in [1.807, 2.05) is 7.05 Å². The number of carbonyl (C=O) groups excluding carboxylic acids is 1. The molecule has 16 heavy (non-hydrogen) atoms. The Hall–Kier alpha value is -1.63. The quantitative estimate of drug-likeness (QED) is 0.647. The van der Waals surface area contributed by atoms with Crippen molar-refractivity contribution in [2.75, 3.05) is 39.0 Å². The first-order chi connectivity index (χ1) is 7.59. The van der Waals surface area contributed by atoms with E-state index in [4.69, 9.17) is 5.73 Å². The first-order valence-electron chi connectivity index (χ1n) is 5.22. The number of nitrogen functional groups attached to an aromatic ring is 1. The second-order valence-electron chi connectivity index (χ2n) is 4.04. The van der Waals surface area contributed by atoms with Crippen LogP contribution < -0.4 is 5.73 Å². The van der Waals surface area contributed by atoms with Crippen LogP contribution in [0.25, 0.3) is 0 Å². The Morgan fingerprint density at radius 2 is 1.88 bits per heavy atom. The van der Waals surface area contributed by atoms with Crippen molar-refractivity contribution in [2.24, 2.45) is 7.05 Å². The lowest BCUT2D eigenvalue weighted by Gasteiger charge is -2.31. The van der Waals surface area contributed by atoms with Crippen molar-refractivity contribution in [1.29, 1.82) is 0 Å². The summed E-state index contributed by atoms with van der Waals surface area (Å²) in [5, 5.41) is 7.52. The highest BCUT2D eigenvalue weighted by Crippen LogP contribution is 2.11. The van der Waals surface area contributed by atoms with Gasteiger partial charge in [0.05, 0.1) is 0 Å². The molecule has 1 aromatic rings. The number of hydrogen-bond acceptors (Lipinski definition) is 5. The van der Waals surface area contributed by atoms with Gasteiger partial charge in [-0.1, -0.05) is 5.21 Å². The maximum Gasteiger partial charge on any atom is 0.278 e. The van der Waals surface area contributed by atoms with E-state index >= 15 is 0 Å². The number of hydrogen-bond donors (Lipinski definition) is 1. The molecule has 88 valence electrons. The van der Waals surface area contributed by atoms with Crippen LogP contribution in [-0.2, 0) is 7.05 Å². The predicted octanol–water partition coefficient (Wildman–Crippen LogP) is -1.22. The molecule has 1 fully saturated rings. The third kappa shape index (κ3) is 1.85. The van der Waals surface area contributed by atoms with Crippen LogP contribution in [0.5, 0.6) is 0 Å². The number of piperazine rings is 1. The molecule has 0 radical (unpaired) electrons. The number of amides is 1. The van der Waals surface area contributed by atoms with Crippen molar-refractivity contribution < 1.29 is 4.79 Å². The zero-order valence-corrected chi connectivity index (χ0v) is 9.55. The minimum absolute atomic E-state index is 0.126. The zero-order chi connectivity index (χ0) is 11.7. The fourth-order valence-electron chi connectivity index (χ4n) is 1.68. The summed E-state index contributed by atoms with van der Waals surface area (Å²) < 4.78 is 1.41. The third-order valence-electron chi connectivity index (χ3n) is 2.86. The third-order valence-corrected chi connectivity index (χ3v) is 2.86.